The van der Waals surface area contributed by atoms with Crippen LogP contribution in [0.4, 0.5) is 0 Å². The number of nitrogens with zero attached hydrogens (tertiary/aromatic N) is 2. The van der Waals surface area contributed by atoms with Gasteiger partial charge in [-0.25, -0.2) is 17.8 Å². The summed E-state index contributed by atoms with van der Waals surface area (Å²) in [5.41, 5.74) is 1.57. The first-order valence-corrected chi connectivity index (χ1v) is 9.17. The van der Waals surface area contributed by atoms with E-state index < -0.39 is 10.0 Å². The minimum atomic E-state index is -3.57. The zero-order valence-corrected chi connectivity index (χ0v) is 14.5. The van der Waals surface area contributed by atoms with Gasteiger partial charge in [0, 0.05) is 10.7 Å². The van der Waals surface area contributed by atoms with Gasteiger partial charge in [-0.15, -0.1) is 0 Å². The summed E-state index contributed by atoms with van der Waals surface area (Å²) in [5, 5.41) is 4.38. The van der Waals surface area contributed by atoms with Crippen LogP contribution in [-0.4, -0.2) is 18.2 Å². The molecule has 7 heteroatoms. The van der Waals surface area contributed by atoms with Gasteiger partial charge in [0.25, 0.3) is 0 Å². The normalized spacial score (nSPS) is 11.5. The lowest BCUT2D eigenvalue weighted by Gasteiger charge is -2.06. The van der Waals surface area contributed by atoms with E-state index >= 15 is 0 Å². The monoisotopic (exact) mass is 391 g/mol. The number of aromatic nitrogens is 2. The van der Waals surface area contributed by atoms with Gasteiger partial charge in [-0.3, -0.25) is 0 Å². The minimum absolute atomic E-state index is 0.134. The Balaban J connectivity index is 1.73. The van der Waals surface area contributed by atoms with Crippen LogP contribution in [-0.2, 0) is 16.6 Å². The van der Waals surface area contributed by atoms with Crippen LogP contribution in [0.2, 0.25) is 0 Å². The fraction of sp³-hybridized carbons (Fsp3) is 0.0625. The average Bonchev–Trinajstić information content (AvgIpc) is 3.03. The van der Waals surface area contributed by atoms with E-state index in [1.54, 1.807) is 41.2 Å². The van der Waals surface area contributed by atoms with Gasteiger partial charge in [-0.1, -0.05) is 40.2 Å². The fourth-order valence-corrected chi connectivity index (χ4v) is 3.66. The summed E-state index contributed by atoms with van der Waals surface area (Å²) >= 11 is 3.27. The Morgan fingerprint density at radius 2 is 1.83 bits per heavy atom. The Morgan fingerprint density at radius 1 is 1.04 bits per heavy atom. The van der Waals surface area contributed by atoms with Gasteiger partial charge in [0.2, 0.25) is 10.0 Å². The Bertz CT molecular complexity index is 908. The number of rotatable bonds is 5. The molecule has 0 aliphatic heterocycles. The van der Waals surface area contributed by atoms with Crippen molar-refractivity contribution in [2.24, 2.45) is 0 Å². The molecule has 0 saturated carbocycles. The maximum atomic E-state index is 12.3. The van der Waals surface area contributed by atoms with Gasteiger partial charge in [0.05, 0.1) is 22.8 Å². The van der Waals surface area contributed by atoms with Crippen LogP contribution < -0.4 is 4.72 Å². The summed E-state index contributed by atoms with van der Waals surface area (Å²) in [5.74, 6) is 0. The van der Waals surface area contributed by atoms with Crippen molar-refractivity contribution >= 4 is 26.0 Å². The van der Waals surface area contributed by atoms with Crippen molar-refractivity contribution in [3.63, 3.8) is 0 Å². The van der Waals surface area contributed by atoms with Gasteiger partial charge in [0.15, 0.2) is 0 Å². The molecule has 1 N–H and O–H groups in total. The molecule has 5 nitrogen and oxygen atoms in total. The number of hydrogen-bond acceptors (Lipinski definition) is 3. The highest BCUT2D eigenvalue weighted by Crippen LogP contribution is 2.16. The molecule has 0 atom stereocenters. The number of sulfonamides is 1. The maximum absolute atomic E-state index is 12.3. The molecular weight excluding hydrogens is 378 g/mol. The lowest BCUT2D eigenvalue weighted by atomic mass is 10.3. The molecule has 0 saturated heterocycles. The lowest BCUT2D eigenvalue weighted by Crippen LogP contribution is -2.23. The molecule has 118 valence electrons. The molecule has 3 aromatic rings. The summed E-state index contributed by atoms with van der Waals surface area (Å²) in [4.78, 5) is 0.217. The Labute approximate surface area is 143 Å². The molecule has 0 bridgehead atoms. The standard InChI is InChI=1S/C16H14BrN3O2S/c17-13-5-4-8-16(11-13)23(21,22)18-12-14-9-10-20(19-14)15-6-2-1-3-7-15/h1-11,18H,12H2. The molecule has 0 spiro atoms. The summed E-state index contributed by atoms with van der Waals surface area (Å²) in [6.07, 6.45) is 1.80. The summed E-state index contributed by atoms with van der Waals surface area (Å²) in [7, 11) is -3.57. The molecule has 0 amide bonds. The number of halogens is 1. The third-order valence-corrected chi connectivity index (χ3v) is 5.11. The first-order valence-electron chi connectivity index (χ1n) is 6.90. The minimum Gasteiger partial charge on any atom is -0.241 e. The molecule has 1 heterocycles. The van der Waals surface area contributed by atoms with Gasteiger partial charge in [-0.2, -0.15) is 5.10 Å². The third kappa shape index (κ3) is 3.87. The Kier molecular flexibility index (Phi) is 4.61. The molecule has 23 heavy (non-hydrogen) atoms. The summed E-state index contributed by atoms with van der Waals surface area (Å²) in [6, 6.07) is 18.0. The van der Waals surface area contributed by atoms with E-state index in [2.05, 4.69) is 25.8 Å². The number of hydrogen-bond donors (Lipinski definition) is 1. The van der Waals surface area contributed by atoms with E-state index in [0.717, 1.165) is 5.69 Å². The van der Waals surface area contributed by atoms with E-state index in [4.69, 9.17) is 0 Å². The molecule has 0 radical (unpaired) electrons. The second kappa shape index (κ2) is 6.66. The van der Waals surface area contributed by atoms with Crippen molar-refractivity contribution in [3.05, 3.63) is 77.0 Å². The van der Waals surface area contributed by atoms with Crippen molar-refractivity contribution in [2.45, 2.75) is 11.4 Å². The molecule has 1 aromatic heterocycles. The van der Waals surface area contributed by atoms with Crippen LogP contribution in [0.1, 0.15) is 5.69 Å². The van der Waals surface area contributed by atoms with Crippen LogP contribution in [0.5, 0.6) is 0 Å². The molecule has 3 rings (SSSR count). The fourth-order valence-electron chi connectivity index (χ4n) is 2.07. The van der Waals surface area contributed by atoms with Crippen LogP contribution in [0.25, 0.3) is 5.69 Å². The van der Waals surface area contributed by atoms with Gasteiger partial charge < -0.3 is 0 Å². The van der Waals surface area contributed by atoms with E-state index in [1.807, 2.05) is 30.3 Å². The summed E-state index contributed by atoms with van der Waals surface area (Å²) < 4.78 is 29.5. The first-order chi connectivity index (χ1) is 11.0. The predicted octanol–water partition coefficient (Wildman–Crippen LogP) is 3.11. The second-order valence-corrected chi connectivity index (χ2v) is 7.55. The number of para-hydroxylation sites is 1. The van der Waals surface area contributed by atoms with Crippen molar-refractivity contribution in [1.29, 1.82) is 0 Å². The van der Waals surface area contributed by atoms with Crippen molar-refractivity contribution in [3.8, 4) is 5.69 Å². The van der Waals surface area contributed by atoms with E-state index in [9.17, 15) is 8.42 Å². The van der Waals surface area contributed by atoms with E-state index in [-0.39, 0.29) is 11.4 Å². The maximum Gasteiger partial charge on any atom is 0.240 e. The topological polar surface area (TPSA) is 64.0 Å². The highest BCUT2D eigenvalue weighted by Gasteiger charge is 2.14. The van der Waals surface area contributed by atoms with E-state index in [1.165, 1.54) is 0 Å². The number of benzene rings is 2. The molecule has 0 aliphatic rings. The highest BCUT2D eigenvalue weighted by atomic mass is 79.9. The van der Waals surface area contributed by atoms with Gasteiger partial charge >= 0.3 is 0 Å². The second-order valence-electron chi connectivity index (χ2n) is 4.87. The molecular formula is C16H14BrN3O2S. The number of nitrogens with one attached hydrogen (secondary N) is 1. The van der Waals surface area contributed by atoms with Crippen LogP contribution >= 0.6 is 15.9 Å². The van der Waals surface area contributed by atoms with Crippen molar-refractivity contribution < 1.29 is 8.42 Å². The van der Waals surface area contributed by atoms with Crippen LogP contribution in [0, 0.1) is 0 Å². The zero-order chi connectivity index (χ0) is 16.3. The third-order valence-electron chi connectivity index (χ3n) is 3.21. The Hall–Kier alpha value is -1.96. The van der Waals surface area contributed by atoms with Crippen molar-refractivity contribution in [1.82, 2.24) is 14.5 Å². The zero-order valence-electron chi connectivity index (χ0n) is 12.1. The molecule has 0 fully saturated rings. The van der Waals surface area contributed by atoms with Crippen LogP contribution in [0.15, 0.2) is 76.2 Å². The molecule has 0 unspecified atom stereocenters. The van der Waals surface area contributed by atoms with Crippen LogP contribution in [0.3, 0.4) is 0 Å². The average molecular weight is 392 g/mol. The molecule has 0 aliphatic carbocycles. The smallest absolute Gasteiger partial charge is 0.240 e. The Morgan fingerprint density at radius 3 is 2.57 bits per heavy atom. The van der Waals surface area contributed by atoms with Crippen molar-refractivity contribution in [2.75, 3.05) is 0 Å². The van der Waals surface area contributed by atoms with Gasteiger partial charge in [0.1, 0.15) is 0 Å². The first kappa shape index (κ1) is 15.9. The van der Waals surface area contributed by atoms with E-state index in [0.29, 0.717) is 10.2 Å². The van der Waals surface area contributed by atoms with Gasteiger partial charge in [-0.05, 0) is 36.4 Å². The predicted molar refractivity (Wildman–Crippen MR) is 91.7 cm³/mol. The SMILES string of the molecule is O=S(=O)(NCc1ccn(-c2ccccc2)n1)c1cccc(Br)c1. The molecule has 2 aromatic carbocycles. The summed E-state index contributed by atoms with van der Waals surface area (Å²) in [6.45, 7) is 0.134. The quantitative estimate of drug-likeness (QED) is 0.726. The lowest BCUT2D eigenvalue weighted by molar-refractivity contribution is 0.580. The largest absolute Gasteiger partial charge is 0.241 e. The highest BCUT2D eigenvalue weighted by molar-refractivity contribution is 9.10.